The molecule has 0 atom stereocenters. The van der Waals surface area contributed by atoms with Crippen LogP contribution in [0.15, 0.2) is 17.5 Å². The van der Waals surface area contributed by atoms with Crippen LogP contribution in [0, 0.1) is 0 Å². The van der Waals surface area contributed by atoms with Gasteiger partial charge in [0.1, 0.15) is 5.60 Å². The van der Waals surface area contributed by atoms with Crippen molar-refractivity contribution in [1.82, 2.24) is 4.98 Å². The van der Waals surface area contributed by atoms with E-state index in [1.807, 2.05) is 5.38 Å². The molecule has 0 saturated heterocycles. The van der Waals surface area contributed by atoms with Gasteiger partial charge < -0.3 is 9.84 Å². The predicted octanol–water partition coefficient (Wildman–Crippen LogP) is 3.06. The summed E-state index contributed by atoms with van der Waals surface area (Å²) in [4.78, 5) is 26.0. The number of hydrogen-bond acceptors (Lipinski definition) is 5. The zero-order chi connectivity index (χ0) is 15.2. The fourth-order valence-electron chi connectivity index (χ4n) is 1.29. The Labute approximate surface area is 121 Å². The Kier molecular flexibility index (Phi) is 5.69. The molecule has 1 amide bonds. The van der Waals surface area contributed by atoms with Crippen molar-refractivity contribution in [2.75, 3.05) is 5.32 Å². The molecule has 1 heterocycles. The Hall–Kier alpha value is -1.89. The first-order chi connectivity index (χ1) is 9.26. The summed E-state index contributed by atoms with van der Waals surface area (Å²) in [5.41, 5.74) is 0.252. The number of aryl methyl sites for hydroxylation is 1. The molecule has 0 aliphatic carbocycles. The van der Waals surface area contributed by atoms with Crippen LogP contribution in [0.3, 0.4) is 0 Å². The lowest BCUT2D eigenvalue weighted by Gasteiger charge is -2.18. The zero-order valence-corrected chi connectivity index (χ0v) is 12.5. The average Bonchev–Trinajstić information content (AvgIpc) is 2.69. The summed E-state index contributed by atoms with van der Waals surface area (Å²) < 4.78 is 5.12. The van der Waals surface area contributed by atoms with Crippen LogP contribution >= 0.6 is 11.3 Å². The number of nitrogens with zero attached hydrogens (tertiary/aromatic N) is 1. The number of ether oxygens (including phenoxy) is 1. The first-order valence-corrected chi connectivity index (χ1v) is 6.98. The Bertz CT molecular complexity index is 503. The predicted molar refractivity (Wildman–Crippen MR) is 77.1 cm³/mol. The summed E-state index contributed by atoms with van der Waals surface area (Å²) in [6.45, 7) is 5.36. The van der Waals surface area contributed by atoms with E-state index in [4.69, 9.17) is 9.84 Å². The molecule has 110 valence electrons. The molecular weight excluding hydrogens is 280 g/mol. The van der Waals surface area contributed by atoms with Gasteiger partial charge in [-0.25, -0.2) is 14.6 Å². The van der Waals surface area contributed by atoms with E-state index in [9.17, 15) is 9.59 Å². The van der Waals surface area contributed by atoms with Gasteiger partial charge in [-0.15, -0.1) is 11.3 Å². The zero-order valence-electron chi connectivity index (χ0n) is 11.7. The molecule has 0 aromatic carbocycles. The van der Waals surface area contributed by atoms with E-state index < -0.39 is 17.7 Å². The largest absolute Gasteiger partial charge is 0.478 e. The third-order valence-electron chi connectivity index (χ3n) is 1.99. The number of rotatable bonds is 5. The number of carboxylic acids is 1. The fraction of sp³-hybridized carbons (Fsp3) is 0.462. The number of hydrogen-bond donors (Lipinski definition) is 2. The van der Waals surface area contributed by atoms with Gasteiger partial charge in [-0.2, -0.15) is 0 Å². The molecular formula is C13H18N2O4S. The van der Waals surface area contributed by atoms with Gasteiger partial charge in [0.15, 0.2) is 5.13 Å². The summed E-state index contributed by atoms with van der Waals surface area (Å²) >= 11 is 1.30. The molecule has 6 nitrogen and oxygen atoms in total. The lowest BCUT2D eigenvalue weighted by atomic mass is 10.2. The van der Waals surface area contributed by atoms with Crippen molar-refractivity contribution in [3.05, 3.63) is 23.2 Å². The van der Waals surface area contributed by atoms with Gasteiger partial charge in [0.25, 0.3) is 0 Å². The van der Waals surface area contributed by atoms with Gasteiger partial charge in [-0.1, -0.05) is 6.08 Å². The third-order valence-corrected chi connectivity index (χ3v) is 2.79. The maximum Gasteiger partial charge on any atom is 0.413 e. The van der Waals surface area contributed by atoms with E-state index in [-0.39, 0.29) is 0 Å². The lowest BCUT2D eigenvalue weighted by molar-refractivity contribution is -0.131. The van der Waals surface area contributed by atoms with Crippen LogP contribution in [-0.4, -0.2) is 27.8 Å². The molecule has 0 saturated carbocycles. The van der Waals surface area contributed by atoms with Crippen molar-refractivity contribution in [2.45, 2.75) is 39.2 Å². The quantitative estimate of drug-likeness (QED) is 0.816. The highest BCUT2D eigenvalue weighted by Crippen LogP contribution is 2.18. The minimum absolute atomic E-state index is 0.469. The number of carboxylic acid groups (broad SMARTS) is 1. The summed E-state index contributed by atoms with van der Waals surface area (Å²) in [6.07, 6.45) is 3.34. The maximum absolute atomic E-state index is 11.5. The molecule has 0 aliphatic heterocycles. The molecule has 7 heteroatoms. The number of amides is 1. The minimum Gasteiger partial charge on any atom is -0.478 e. The fourth-order valence-corrected chi connectivity index (χ4v) is 2.02. The Morgan fingerprint density at radius 2 is 2.20 bits per heavy atom. The number of anilines is 1. The molecule has 0 fully saturated rings. The molecule has 20 heavy (non-hydrogen) atoms. The molecule has 1 rings (SSSR count). The first-order valence-electron chi connectivity index (χ1n) is 6.10. The number of nitrogens with one attached hydrogen (secondary N) is 1. The summed E-state index contributed by atoms with van der Waals surface area (Å²) in [6, 6.07) is 0. The highest BCUT2D eigenvalue weighted by molar-refractivity contribution is 7.13. The number of carbonyl (C=O) groups is 2. The third kappa shape index (κ3) is 6.89. The molecule has 2 N–H and O–H groups in total. The van der Waals surface area contributed by atoms with Crippen LogP contribution < -0.4 is 5.32 Å². The number of thiazole rings is 1. The Balaban J connectivity index is 2.43. The van der Waals surface area contributed by atoms with Crippen LogP contribution in [0.4, 0.5) is 9.93 Å². The summed E-state index contributed by atoms with van der Waals surface area (Å²) in [7, 11) is 0. The second-order valence-corrected chi connectivity index (χ2v) is 5.91. The highest BCUT2D eigenvalue weighted by Gasteiger charge is 2.17. The summed E-state index contributed by atoms with van der Waals surface area (Å²) in [5.74, 6) is -0.962. The van der Waals surface area contributed by atoms with Gasteiger partial charge in [0.2, 0.25) is 0 Å². The van der Waals surface area contributed by atoms with Crippen molar-refractivity contribution in [3.63, 3.8) is 0 Å². The van der Waals surface area contributed by atoms with Crippen molar-refractivity contribution < 1.29 is 19.4 Å². The van der Waals surface area contributed by atoms with Crippen molar-refractivity contribution in [2.24, 2.45) is 0 Å². The van der Waals surface area contributed by atoms with Crippen LogP contribution in [0.25, 0.3) is 0 Å². The van der Waals surface area contributed by atoms with Crippen LogP contribution in [-0.2, 0) is 16.0 Å². The topological polar surface area (TPSA) is 88.5 Å². The van der Waals surface area contributed by atoms with Gasteiger partial charge in [-0.3, -0.25) is 5.32 Å². The Morgan fingerprint density at radius 1 is 1.50 bits per heavy atom. The minimum atomic E-state index is -0.962. The normalized spacial score (nSPS) is 11.6. The van der Waals surface area contributed by atoms with Gasteiger partial charge in [-0.05, 0) is 33.6 Å². The molecule has 0 aliphatic rings. The number of aromatic nitrogens is 1. The van der Waals surface area contributed by atoms with E-state index in [0.29, 0.717) is 18.0 Å². The number of aliphatic carboxylic acids is 1. The monoisotopic (exact) mass is 298 g/mol. The van der Waals surface area contributed by atoms with Gasteiger partial charge >= 0.3 is 12.1 Å². The molecule has 0 unspecified atom stereocenters. The van der Waals surface area contributed by atoms with Crippen molar-refractivity contribution in [3.8, 4) is 0 Å². The standard InChI is InChI=1S/C13H18N2O4S/c1-13(2,3)19-12(18)15-11-14-9(8-20-11)6-4-5-7-10(16)17/h5,7-8H,4,6H2,1-3H3,(H,16,17)(H,14,15,18)/b7-5-. The SMILES string of the molecule is CC(C)(C)OC(=O)Nc1nc(CC/C=C\C(=O)O)cs1. The van der Waals surface area contributed by atoms with Crippen LogP contribution in [0.1, 0.15) is 32.9 Å². The van der Waals surface area contributed by atoms with E-state index >= 15 is 0 Å². The van der Waals surface area contributed by atoms with Gasteiger partial charge in [0, 0.05) is 11.5 Å². The molecule has 1 aromatic rings. The molecule has 0 spiro atoms. The second kappa shape index (κ2) is 7.04. The number of allylic oxidation sites excluding steroid dienone is 1. The molecule has 1 aromatic heterocycles. The van der Waals surface area contributed by atoms with Crippen LogP contribution in [0.5, 0.6) is 0 Å². The van der Waals surface area contributed by atoms with Crippen LogP contribution in [0.2, 0.25) is 0 Å². The van der Waals surface area contributed by atoms with Crippen molar-refractivity contribution >= 4 is 28.5 Å². The van der Waals surface area contributed by atoms with E-state index in [2.05, 4.69) is 10.3 Å². The van der Waals surface area contributed by atoms with E-state index in [0.717, 1.165) is 11.8 Å². The highest BCUT2D eigenvalue weighted by atomic mass is 32.1. The van der Waals surface area contributed by atoms with E-state index in [1.165, 1.54) is 11.3 Å². The smallest absolute Gasteiger partial charge is 0.413 e. The second-order valence-electron chi connectivity index (χ2n) is 5.05. The summed E-state index contributed by atoms with van der Waals surface area (Å²) in [5, 5.41) is 13.3. The number of carbonyl (C=O) groups excluding carboxylic acids is 1. The lowest BCUT2D eigenvalue weighted by Crippen LogP contribution is -2.27. The average molecular weight is 298 g/mol. The van der Waals surface area contributed by atoms with Gasteiger partial charge in [0.05, 0.1) is 5.69 Å². The maximum atomic E-state index is 11.5. The molecule has 0 bridgehead atoms. The first kappa shape index (κ1) is 16.2. The Morgan fingerprint density at radius 3 is 2.80 bits per heavy atom. The molecule has 0 radical (unpaired) electrons. The van der Waals surface area contributed by atoms with Crippen molar-refractivity contribution in [1.29, 1.82) is 0 Å². The van der Waals surface area contributed by atoms with E-state index in [1.54, 1.807) is 26.8 Å².